The lowest BCUT2D eigenvalue weighted by molar-refractivity contribution is 0.169. The SMILES string of the molecule is Cc1nccc(CNC(=O)N2C[C@@H](O)C[C@@H]2c2cccc(F)c2)n1. The third-order valence-electron chi connectivity index (χ3n) is 4.03. The third-order valence-corrected chi connectivity index (χ3v) is 4.03. The first-order chi connectivity index (χ1) is 11.5. The summed E-state index contributed by atoms with van der Waals surface area (Å²) in [5.41, 5.74) is 1.39. The van der Waals surface area contributed by atoms with E-state index in [1.165, 1.54) is 17.0 Å². The van der Waals surface area contributed by atoms with Gasteiger partial charge in [-0.05, 0) is 37.1 Å². The Bertz CT molecular complexity index is 740. The number of nitrogens with zero attached hydrogens (tertiary/aromatic N) is 3. The van der Waals surface area contributed by atoms with Crippen LogP contribution >= 0.6 is 0 Å². The summed E-state index contributed by atoms with van der Waals surface area (Å²) in [4.78, 5) is 22.3. The Morgan fingerprint density at radius 1 is 1.46 bits per heavy atom. The fourth-order valence-electron chi connectivity index (χ4n) is 2.94. The normalized spacial score (nSPS) is 20.2. The zero-order valence-electron chi connectivity index (χ0n) is 13.3. The number of likely N-dealkylation sites (tertiary alicyclic amines) is 1. The minimum atomic E-state index is -0.620. The molecule has 2 amide bonds. The number of nitrogens with one attached hydrogen (secondary N) is 1. The maximum atomic E-state index is 13.5. The number of aromatic nitrogens is 2. The van der Waals surface area contributed by atoms with Crippen LogP contribution in [-0.2, 0) is 6.54 Å². The number of aliphatic hydroxyl groups excluding tert-OH is 1. The summed E-state index contributed by atoms with van der Waals surface area (Å²) in [6.45, 7) is 2.27. The van der Waals surface area contributed by atoms with Crippen LogP contribution in [0.2, 0.25) is 0 Å². The summed E-state index contributed by atoms with van der Waals surface area (Å²) < 4.78 is 13.5. The number of carbonyl (C=O) groups is 1. The molecule has 2 atom stereocenters. The van der Waals surface area contributed by atoms with Gasteiger partial charge in [-0.15, -0.1) is 0 Å². The predicted molar refractivity (Wildman–Crippen MR) is 85.5 cm³/mol. The van der Waals surface area contributed by atoms with E-state index in [2.05, 4.69) is 15.3 Å². The van der Waals surface area contributed by atoms with Gasteiger partial charge < -0.3 is 15.3 Å². The smallest absolute Gasteiger partial charge is 0.318 e. The number of carbonyl (C=O) groups excluding carboxylic acids is 1. The molecule has 3 rings (SSSR count). The highest BCUT2D eigenvalue weighted by Crippen LogP contribution is 2.32. The number of benzene rings is 1. The van der Waals surface area contributed by atoms with E-state index in [1.807, 2.05) is 0 Å². The van der Waals surface area contributed by atoms with Crippen molar-refractivity contribution in [3.05, 3.63) is 59.4 Å². The van der Waals surface area contributed by atoms with Crippen molar-refractivity contribution in [3.8, 4) is 0 Å². The van der Waals surface area contributed by atoms with Crippen LogP contribution in [0.15, 0.2) is 36.5 Å². The van der Waals surface area contributed by atoms with Crippen molar-refractivity contribution >= 4 is 6.03 Å². The lowest BCUT2D eigenvalue weighted by Crippen LogP contribution is -2.40. The fraction of sp³-hybridized carbons (Fsp3) is 0.353. The minimum absolute atomic E-state index is 0.218. The minimum Gasteiger partial charge on any atom is -0.391 e. The van der Waals surface area contributed by atoms with Crippen LogP contribution in [0.1, 0.15) is 29.5 Å². The van der Waals surface area contributed by atoms with E-state index in [0.717, 1.165) is 0 Å². The van der Waals surface area contributed by atoms with Gasteiger partial charge in [-0.2, -0.15) is 0 Å². The summed E-state index contributed by atoms with van der Waals surface area (Å²) in [7, 11) is 0. The van der Waals surface area contributed by atoms with Gasteiger partial charge in [0.05, 0.1) is 24.4 Å². The average Bonchev–Trinajstić information content (AvgIpc) is 2.95. The number of urea groups is 1. The summed E-state index contributed by atoms with van der Waals surface area (Å²) in [5.74, 6) is 0.279. The van der Waals surface area contributed by atoms with E-state index < -0.39 is 6.10 Å². The maximum Gasteiger partial charge on any atom is 0.318 e. The van der Waals surface area contributed by atoms with Crippen molar-refractivity contribution in [2.75, 3.05) is 6.54 Å². The Hall–Kier alpha value is -2.54. The molecule has 1 aromatic carbocycles. The second-order valence-electron chi connectivity index (χ2n) is 5.87. The number of rotatable bonds is 3. The summed E-state index contributed by atoms with van der Waals surface area (Å²) >= 11 is 0. The number of β-amino-alcohol motifs (C(OH)–C–C–N with tert-alkyl or cyclic N) is 1. The van der Waals surface area contributed by atoms with Gasteiger partial charge in [0.2, 0.25) is 0 Å². The van der Waals surface area contributed by atoms with Gasteiger partial charge in [-0.1, -0.05) is 12.1 Å². The first-order valence-corrected chi connectivity index (χ1v) is 7.79. The molecule has 2 N–H and O–H groups in total. The molecule has 1 saturated heterocycles. The molecule has 0 saturated carbocycles. The molecule has 24 heavy (non-hydrogen) atoms. The van der Waals surface area contributed by atoms with Crippen LogP contribution in [0, 0.1) is 12.7 Å². The highest BCUT2D eigenvalue weighted by Gasteiger charge is 2.35. The number of halogens is 1. The van der Waals surface area contributed by atoms with Crippen LogP contribution in [0.4, 0.5) is 9.18 Å². The molecule has 2 heterocycles. The molecular formula is C17H19FN4O2. The molecule has 1 fully saturated rings. The molecule has 2 aromatic rings. The molecule has 1 aliphatic heterocycles. The quantitative estimate of drug-likeness (QED) is 0.901. The van der Waals surface area contributed by atoms with Gasteiger partial charge in [-0.25, -0.2) is 19.2 Å². The Kier molecular flexibility index (Phi) is 4.71. The number of hydrogen-bond donors (Lipinski definition) is 2. The average molecular weight is 330 g/mol. The van der Waals surface area contributed by atoms with Crippen LogP contribution in [0.3, 0.4) is 0 Å². The topological polar surface area (TPSA) is 78.4 Å². The first kappa shape index (κ1) is 16.3. The molecule has 0 aliphatic carbocycles. The molecule has 7 heteroatoms. The van der Waals surface area contributed by atoms with Gasteiger partial charge in [0, 0.05) is 12.7 Å². The van der Waals surface area contributed by atoms with E-state index in [4.69, 9.17) is 0 Å². The number of aryl methyl sites for hydroxylation is 1. The maximum absolute atomic E-state index is 13.5. The van der Waals surface area contributed by atoms with E-state index in [1.54, 1.807) is 31.3 Å². The Morgan fingerprint density at radius 3 is 3.04 bits per heavy atom. The van der Waals surface area contributed by atoms with Gasteiger partial charge in [-0.3, -0.25) is 0 Å². The van der Waals surface area contributed by atoms with Gasteiger partial charge in [0.1, 0.15) is 11.6 Å². The van der Waals surface area contributed by atoms with Gasteiger partial charge in [0.15, 0.2) is 0 Å². The lowest BCUT2D eigenvalue weighted by Gasteiger charge is -2.25. The lowest BCUT2D eigenvalue weighted by atomic mass is 10.0. The molecule has 0 spiro atoms. The molecule has 1 aromatic heterocycles. The molecular weight excluding hydrogens is 311 g/mol. The standard InChI is InChI=1S/C17H19FN4O2/c1-11-19-6-5-14(21-11)9-20-17(24)22-10-15(23)8-16(22)12-3-2-4-13(18)7-12/h2-7,15-16,23H,8-10H2,1H3,(H,20,24)/t15-,16+/m0/s1. The molecule has 126 valence electrons. The van der Waals surface area contributed by atoms with E-state index >= 15 is 0 Å². The highest BCUT2D eigenvalue weighted by atomic mass is 19.1. The number of hydrogen-bond acceptors (Lipinski definition) is 4. The van der Waals surface area contributed by atoms with Crippen LogP contribution in [-0.4, -0.2) is 38.7 Å². The highest BCUT2D eigenvalue weighted by molar-refractivity contribution is 5.75. The van der Waals surface area contributed by atoms with Crippen molar-refractivity contribution in [1.82, 2.24) is 20.2 Å². The van der Waals surface area contributed by atoms with Crippen molar-refractivity contribution < 1.29 is 14.3 Å². The van der Waals surface area contributed by atoms with Crippen molar-refractivity contribution in [1.29, 1.82) is 0 Å². The van der Waals surface area contributed by atoms with Gasteiger partial charge >= 0.3 is 6.03 Å². The monoisotopic (exact) mass is 330 g/mol. The predicted octanol–water partition coefficient (Wildman–Crippen LogP) is 1.94. The van der Waals surface area contributed by atoms with E-state index in [-0.39, 0.29) is 31.0 Å². The zero-order chi connectivity index (χ0) is 17.1. The van der Waals surface area contributed by atoms with Crippen molar-refractivity contribution in [2.45, 2.75) is 32.0 Å². The fourth-order valence-corrected chi connectivity index (χ4v) is 2.94. The van der Waals surface area contributed by atoms with Crippen LogP contribution < -0.4 is 5.32 Å². The zero-order valence-corrected chi connectivity index (χ0v) is 13.3. The molecule has 0 radical (unpaired) electrons. The number of aliphatic hydroxyl groups is 1. The second-order valence-corrected chi connectivity index (χ2v) is 5.87. The Morgan fingerprint density at radius 2 is 2.29 bits per heavy atom. The summed E-state index contributed by atoms with van der Waals surface area (Å²) in [6, 6.07) is 7.21. The van der Waals surface area contributed by atoms with Crippen molar-refractivity contribution in [3.63, 3.8) is 0 Å². The Balaban J connectivity index is 1.70. The van der Waals surface area contributed by atoms with Crippen LogP contribution in [0.25, 0.3) is 0 Å². The number of amides is 2. The largest absolute Gasteiger partial charge is 0.391 e. The first-order valence-electron chi connectivity index (χ1n) is 7.79. The summed E-state index contributed by atoms with van der Waals surface area (Å²) in [6.07, 6.45) is 1.41. The molecule has 6 nitrogen and oxygen atoms in total. The summed E-state index contributed by atoms with van der Waals surface area (Å²) in [5, 5.41) is 12.7. The Labute approximate surface area is 139 Å². The van der Waals surface area contributed by atoms with Crippen LogP contribution in [0.5, 0.6) is 0 Å². The van der Waals surface area contributed by atoms with E-state index in [0.29, 0.717) is 23.5 Å². The molecule has 0 unspecified atom stereocenters. The van der Waals surface area contributed by atoms with Gasteiger partial charge in [0.25, 0.3) is 0 Å². The molecule has 1 aliphatic rings. The van der Waals surface area contributed by atoms with Crippen molar-refractivity contribution in [2.24, 2.45) is 0 Å². The molecule has 0 bridgehead atoms. The van der Waals surface area contributed by atoms with E-state index in [9.17, 15) is 14.3 Å². The second kappa shape index (κ2) is 6.92. The third kappa shape index (κ3) is 3.68.